The Morgan fingerprint density at radius 1 is 1.29 bits per heavy atom. The van der Waals surface area contributed by atoms with Crippen LogP contribution in [0, 0.1) is 0 Å². The number of nitrogens with two attached hydrogens (primary N) is 1. The summed E-state index contributed by atoms with van der Waals surface area (Å²) in [6.07, 6.45) is -0.0693. The normalized spacial score (nSPS) is 20.1. The Morgan fingerprint density at radius 3 is 2.81 bits per heavy atom. The van der Waals surface area contributed by atoms with Crippen molar-refractivity contribution in [2.24, 2.45) is 0 Å². The number of carbonyl (C=O) groups excluding carboxylic acids is 1. The summed E-state index contributed by atoms with van der Waals surface area (Å²) in [5, 5.41) is 13.4. The van der Waals surface area contributed by atoms with E-state index < -0.39 is 12.1 Å². The second kappa shape index (κ2) is 5.39. The fourth-order valence-electron chi connectivity index (χ4n) is 2.66. The van der Waals surface area contributed by atoms with Gasteiger partial charge >= 0.3 is 0 Å². The summed E-state index contributed by atoms with van der Waals surface area (Å²) in [6.45, 7) is 0. The van der Waals surface area contributed by atoms with Crippen molar-refractivity contribution in [3.05, 3.63) is 64.2 Å². The van der Waals surface area contributed by atoms with Crippen LogP contribution in [0.25, 0.3) is 0 Å². The predicted molar refractivity (Wildman–Crippen MR) is 82.2 cm³/mol. The molecular formula is C16H15ClN2O2. The van der Waals surface area contributed by atoms with E-state index in [0.717, 1.165) is 11.1 Å². The molecule has 1 aliphatic carbocycles. The van der Waals surface area contributed by atoms with Crippen molar-refractivity contribution in [1.82, 2.24) is 5.32 Å². The number of rotatable bonds is 2. The number of carbonyl (C=O) groups is 1. The topological polar surface area (TPSA) is 75.4 Å². The number of halogens is 1. The maximum absolute atomic E-state index is 12.3. The second-order valence-electron chi connectivity index (χ2n) is 5.16. The molecule has 1 aliphatic rings. The second-order valence-corrected chi connectivity index (χ2v) is 5.56. The number of fused-ring (bicyclic) bond motifs is 1. The van der Waals surface area contributed by atoms with Crippen molar-refractivity contribution in [3.8, 4) is 0 Å². The maximum atomic E-state index is 12.3. The summed E-state index contributed by atoms with van der Waals surface area (Å²) in [7, 11) is 0. The Kier molecular flexibility index (Phi) is 3.57. The molecule has 5 heteroatoms. The number of aliphatic hydroxyl groups excluding tert-OH is 1. The molecular weight excluding hydrogens is 288 g/mol. The highest BCUT2D eigenvalue weighted by molar-refractivity contribution is 6.33. The molecule has 0 heterocycles. The zero-order chi connectivity index (χ0) is 15.0. The van der Waals surface area contributed by atoms with Gasteiger partial charge in [-0.25, -0.2) is 0 Å². The molecule has 2 aromatic carbocycles. The van der Waals surface area contributed by atoms with Gasteiger partial charge in [0.05, 0.1) is 22.9 Å². The number of anilines is 1. The lowest BCUT2D eigenvalue weighted by atomic mass is 10.1. The Morgan fingerprint density at radius 2 is 2.05 bits per heavy atom. The Hall–Kier alpha value is -2.04. The van der Waals surface area contributed by atoms with Crippen LogP contribution in [0.15, 0.2) is 42.5 Å². The monoisotopic (exact) mass is 302 g/mol. The molecule has 108 valence electrons. The van der Waals surface area contributed by atoms with E-state index in [9.17, 15) is 9.90 Å². The third-order valence-electron chi connectivity index (χ3n) is 3.75. The van der Waals surface area contributed by atoms with Crippen molar-refractivity contribution in [2.45, 2.75) is 18.6 Å². The van der Waals surface area contributed by atoms with Gasteiger partial charge in [-0.1, -0.05) is 35.9 Å². The summed E-state index contributed by atoms with van der Waals surface area (Å²) in [5.41, 5.74) is 8.51. The maximum Gasteiger partial charge on any atom is 0.251 e. The lowest BCUT2D eigenvalue weighted by Crippen LogP contribution is -2.33. The molecule has 3 rings (SSSR count). The predicted octanol–water partition coefficient (Wildman–Crippen LogP) is 2.31. The molecule has 0 saturated carbocycles. The highest BCUT2D eigenvalue weighted by Gasteiger charge is 2.32. The van der Waals surface area contributed by atoms with E-state index >= 15 is 0 Å². The lowest BCUT2D eigenvalue weighted by Gasteiger charge is -2.18. The van der Waals surface area contributed by atoms with Crippen LogP contribution in [-0.2, 0) is 6.42 Å². The minimum absolute atomic E-state index is 0.279. The van der Waals surface area contributed by atoms with Crippen molar-refractivity contribution in [3.63, 3.8) is 0 Å². The van der Waals surface area contributed by atoms with Crippen LogP contribution in [0.5, 0.6) is 0 Å². The first-order valence-electron chi connectivity index (χ1n) is 6.68. The first-order chi connectivity index (χ1) is 10.1. The third kappa shape index (κ3) is 2.60. The molecule has 4 N–H and O–H groups in total. The van der Waals surface area contributed by atoms with Gasteiger partial charge in [-0.05, 0) is 29.3 Å². The summed E-state index contributed by atoms with van der Waals surface area (Å²) < 4.78 is 0. The van der Waals surface area contributed by atoms with E-state index in [2.05, 4.69) is 5.32 Å². The van der Waals surface area contributed by atoms with E-state index in [1.807, 2.05) is 24.3 Å². The summed E-state index contributed by atoms with van der Waals surface area (Å²) in [6, 6.07) is 12.0. The number of amides is 1. The smallest absolute Gasteiger partial charge is 0.251 e. The van der Waals surface area contributed by atoms with Crippen LogP contribution in [0.1, 0.15) is 27.5 Å². The molecule has 1 amide bonds. The molecule has 0 aromatic heterocycles. The van der Waals surface area contributed by atoms with Gasteiger partial charge in [-0.2, -0.15) is 0 Å². The van der Waals surface area contributed by atoms with Gasteiger partial charge in [0, 0.05) is 12.0 Å². The number of nitrogens with one attached hydrogen (secondary N) is 1. The molecule has 4 nitrogen and oxygen atoms in total. The molecule has 2 aromatic rings. The Labute approximate surface area is 127 Å². The van der Waals surface area contributed by atoms with Crippen LogP contribution < -0.4 is 11.1 Å². The third-order valence-corrected chi connectivity index (χ3v) is 4.09. The fraction of sp³-hybridized carbons (Fsp3) is 0.188. The number of benzene rings is 2. The molecule has 0 unspecified atom stereocenters. The van der Waals surface area contributed by atoms with Gasteiger partial charge in [0.25, 0.3) is 5.91 Å². The quantitative estimate of drug-likeness (QED) is 0.745. The molecule has 0 saturated heterocycles. The lowest BCUT2D eigenvalue weighted by molar-refractivity contribution is 0.0858. The van der Waals surface area contributed by atoms with Crippen LogP contribution in [0.4, 0.5) is 5.69 Å². The van der Waals surface area contributed by atoms with E-state index in [0.29, 0.717) is 22.7 Å². The van der Waals surface area contributed by atoms with Crippen molar-refractivity contribution in [2.75, 3.05) is 5.73 Å². The van der Waals surface area contributed by atoms with Crippen LogP contribution >= 0.6 is 11.6 Å². The van der Waals surface area contributed by atoms with Crippen molar-refractivity contribution in [1.29, 1.82) is 0 Å². The Bertz CT molecular complexity index is 702. The molecule has 0 fully saturated rings. The van der Waals surface area contributed by atoms with Crippen LogP contribution in [0.3, 0.4) is 0 Å². The van der Waals surface area contributed by atoms with E-state index in [1.165, 1.54) is 6.07 Å². The zero-order valence-electron chi connectivity index (χ0n) is 11.2. The molecule has 0 aliphatic heterocycles. The average molecular weight is 303 g/mol. The van der Waals surface area contributed by atoms with Gasteiger partial charge in [0.1, 0.15) is 0 Å². The molecule has 0 radical (unpaired) electrons. The zero-order valence-corrected chi connectivity index (χ0v) is 12.0. The minimum atomic E-state index is -0.615. The van der Waals surface area contributed by atoms with Gasteiger partial charge in [-0.15, -0.1) is 0 Å². The van der Waals surface area contributed by atoms with E-state index in [1.54, 1.807) is 12.1 Å². The highest BCUT2D eigenvalue weighted by Crippen LogP contribution is 2.31. The van der Waals surface area contributed by atoms with Gasteiger partial charge in [0.2, 0.25) is 0 Å². The van der Waals surface area contributed by atoms with E-state index in [-0.39, 0.29) is 5.91 Å². The molecule has 0 bridgehead atoms. The number of hydrogen-bond acceptors (Lipinski definition) is 3. The van der Waals surface area contributed by atoms with E-state index in [4.69, 9.17) is 17.3 Å². The first kappa shape index (κ1) is 13.9. The largest absolute Gasteiger partial charge is 0.398 e. The SMILES string of the molecule is Nc1cc(C(=O)N[C@H]2c3ccccc3C[C@H]2O)ccc1Cl. The van der Waals surface area contributed by atoms with Gasteiger partial charge in [0.15, 0.2) is 0 Å². The number of hydrogen-bond donors (Lipinski definition) is 3. The molecule has 21 heavy (non-hydrogen) atoms. The standard InChI is InChI=1S/C16H15ClN2O2/c17-12-6-5-10(7-13(12)18)16(21)19-15-11-4-2-1-3-9(11)8-14(15)20/h1-7,14-15,20H,8,18H2,(H,19,21)/t14-,15+/m1/s1. The molecule has 2 atom stereocenters. The first-order valence-corrected chi connectivity index (χ1v) is 7.06. The Balaban J connectivity index is 1.83. The summed E-state index contributed by atoms with van der Waals surface area (Å²) in [4.78, 5) is 12.3. The molecule has 0 spiro atoms. The van der Waals surface area contributed by atoms with Crippen LogP contribution in [-0.4, -0.2) is 17.1 Å². The van der Waals surface area contributed by atoms with Crippen molar-refractivity contribution >= 4 is 23.2 Å². The van der Waals surface area contributed by atoms with Crippen LogP contribution in [0.2, 0.25) is 5.02 Å². The summed E-state index contributed by atoms with van der Waals surface area (Å²) >= 11 is 5.85. The minimum Gasteiger partial charge on any atom is -0.398 e. The van der Waals surface area contributed by atoms with Gasteiger partial charge in [-0.3, -0.25) is 4.79 Å². The number of nitrogen functional groups attached to an aromatic ring is 1. The fourth-order valence-corrected chi connectivity index (χ4v) is 2.77. The summed E-state index contributed by atoms with van der Waals surface area (Å²) in [5.74, 6) is -0.279. The van der Waals surface area contributed by atoms with Crippen molar-refractivity contribution < 1.29 is 9.90 Å². The highest BCUT2D eigenvalue weighted by atomic mass is 35.5. The van der Waals surface area contributed by atoms with Gasteiger partial charge < -0.3 is 16.2 Å². The average Bonchev–Trinajstić information content (AvgIpc) is 2.78. The number of aliphatic hydroxyl groups is 1.